The zero-order valence-corrected chi connectivity index (χ0v) is 9.07. The molecular formula is C7H8ClNO2S2. The second-order valence-corrected chi connectivity index (χ2v) is 6.34. The lowest BCUT2D eigenvalue weighted by Gasteiger charge is -1.97. The van der Waals surface area contributed by atoms with Gasteiger partial charge >= 0.3 is 0 Å². The first kappa shape index (κ1) is 10.8. The fourth-order valence-corrected chi connectivity index (χ4v) is 2.94. The van der Waals surface area contributed by atoms with Gasteiger partial charge in [-0.05, 0) is 12.1 Å². The highest BCUT2D eigenvalue weighted by atomic mass is 35.7. The van der Waals surface area contributed by atoms with E-state index in [4.69, 9.17) is 10.7 Å². The molecule has 1 heterocycles. The molecule has 72 valence electrons. The van der Waals surface area contributed by atoms with Gasteiger partial charge < -0.3 is 0 Å². The minimum absolute atomic E-state index is 0.0124. The maximum absolute atomic E-state index is 10.6. The third kappa shape index (κ3) is 5.13. The van der Waals surface area contributed by atoms with Gasteiger partial charge in [0.05, 0.1) is 5.75 Å². The Labute approximate surface area is 85.9 Å². The molecule has 0 fully saturated rings. The van der Waals surface area contributed by atoms with Gasteiger partial charge in [0.25, 0.3) is 0 Å². The Morgan fingerprint density at radius 2 is 2.00 bits per heavy atom. The van der Waals surface area contributed by atoms with Crippen LogP contribution in [-0.4, -0.2) is 24.9 Å². The average molecular weight is 238 g/mol. The monoisotopic (exact) mass is 237 g/mol. The van der Waals surface area contributed by atoms with Crippen molar-refractivity contribution >= 4 is 31.5 Å². The highest BCUT2D eigenvalue weighted by Crippen LogP contribution is 2.16. The number of nitrogens with zero attached hydrogens (tertiary/aromatic N) is 1. The highest BCUT2D eigenvalue weighted by Gasteiger charge is 2.04. The number of thioether (sulfide) groups is 1. The summed E-state index contributed by atoms with van der Waals surface area (Å²) in [4.78, 5) is 4.84. The largest absolute Gasteiger partial charge is 0.265 e. The van der Waals surface area contributed by atoms with Crippen molar-refractivity contribution in [2.24, 2.45) is 0 Å². The van der Waals surface area contributed by atoms with Gasteiger partial charge in [-0.3, -0.25) is 4.98 Å². The van der Waals surface area contributed by atoms with Gasteiger partial charge in [0.1, 0.15) is 0 Å². The molecule has 0 radical (unpaired) electrons. The van der Waals surface area contributed by atoms with Crippen molar-refractivity contribution in [1.29, 1.82) is 0 Å². The normalized spacial score (nSPS) is 11.5. The van der Waals surface area contributed by atoms with Crippen molar-refractivity contribution in [3.05, 3.63) is 24.5 Å². The van der Waals surface area contributed by atoms with Crippen molar-refractivity contribution in [3.8, 4) is 0 Å². The quantitative estimate of drug-likeness (QED) is 0.591. The van der Waals surface area contributed by atoms with E-state index in [-0.39, 0.29) is 5.75 Å². The van der Waals surface area contributed by atoms with Gasteiger partial charge in [0.2, 0.25) is 9.05 Å². The van der Waals surface area contributed by atoms with Crippen LogP contribution in [0.15, 0.2) is 29.4 Å². The van der Waals surface area contributed by atoms with Crippen molar-refractivity contribution in [2.45, 2.75) is 4.90 Å². The maximum atomic E-state index is 10.6. The van der Waals surface area contributed by atoms with Crippen LogP contribution in [0.25, 0.3) is 0 Å². The topological polar surface area (TPSA) is 47.0 Å². The Hall–Kier alpha value is -0.260. The summed E-state index contributed by atoms with van der Waals surface area (Å²) >= 11 is 1.44. The molecule has 0 saturated carbocycles. The lowest BCUT2D eigenvalue weighted by Crippen LogP contribution is -1.99. The van der Waals surface area contributed by atoms with Gasteiger partial charge in [0.15, 0.2) is 0 Å². The van der Waals surface area contributed by atoms with E-state index in [0.29, 0.717) is 5.75 Å². The Balaban J connectivity index is 2.37. The maximum Gasteiger partial charge on any atom is 0.233 e. The molecular weight excluding hydrogens is 230 g/mol. The Morgan fingerprint density at radius 1 is 1.38 bits per heavy atom. The molecule has 0 aliphatic rings. The lowest BCUT2D eigenvalue weighted by molar-refractivity contribution is 0.611. The molecule has 0 amide bonds. The van der Waals surface area contributed by atoms with Gasteiger partial charge in [-0.1, -0.05) is 0 Å². The predicted molar refractivity (Wildman–Crippen MR) is 54.6 cm³/mol. The number of halogens is 1. The molecule has 1 aromatic heterocycles. The number of hydrogen-bond acceptors (Lipinski definition) is 4. The minimum Gasteiger partial charge on any atom is -0.265 e. The molecule has 13 heavy (non-hydrogen) atoms. The second-order valence-electron chi connectivity index (χ2n) is 2.27. The summed E-state index contributed by atoms with van der Waals surface area (Å²) in [5.41, 5.74) is 0. The first-order chi connectivity index (χ1) is 6.08. The van der Waals surface area contributed by atoms with Crippen LogP contribution in [-0.2, 0) is 9.05 Å². The third-order valence-corrected chi connectivity index (χ3v) is 3.67. The summed E-state index contributed by atoms with van der Waals surface area (Å²) in [6.45, 7) is 0. The molecule has 0 N–H and O–H groups in total. The first-order valence-electron chi connectivity index (χ1n) is 3.53. The SMILES string of the molecule is O=S(=O)(Cl)CCSc1ccncc1. The fraction of sp³-hybridized carbons (Fsp3) is 0.286. The molecule has 0 saturated heterocycles. The third-order valence-electron chi connectivity index (χ3n) is 1.25. The average Bonchev–Trinajstić information content (AvgIpc) is 2.04. The summed E-state index contributed by atoms with van der Waals surface area (Å²) in [5, 5.41) is 0. The van der Waals surface area contributed by atoms with Gasteiger partial charge in [-0.25, -0.2) is 8.42 Å². The highest BCUT2D eigenvalue weighted by molar-refractivity contribution is 8.14. The Morgan fingerprint density at radius 3 is 2.54 bits per heavy atom. The van der Waals surface area contributed by atoms with Gasteiger partial charge in [-0.15, -0.1) is 11.8 Å². The van der Waals surface area contributed by atoms with Crippen molar-refractivity contribution in [1.82, 2.24) is 4.98 Å². The van der Waals surface area contributed by atoms with Crippen LogP contribution in [0.2, 0.25) is 0 Å². The van der Waals surface area contributed by atoms with E-state index in [1.165, 1.54) is 11.8 Å². The van der Waals surface area contributed by atoms with Crippen LogP contribution in [0.5, 0.6) is 0 Å². The minimum atomic E-state index is -3.36. The molecule has 0 aromatic carbocycles. The summed E-state index contributed by atoms with van der Waals surface area (Å²) < 4.78 is 21.1. The standard InChI is InChI=1S/C7H8ClNO2S2/c8-13(10,11)6-5-12-7-1-3-9-4-2-7/h1-4H,5-6H2. The van der Waals surface area contributed by atoms with Crippen molar-refractivity contribution in [3.63, 3.8) is 0 Å². The molecule has 0 aliphatic carbocycles. The van der Waals surface area contributed by atoms with Crippen molar-refractivity contribution in [2.75, 3.05) is 11.5 Å². The first-order valence-corrected chi connectivity index (χ1v) is 6.99. The smallest absolute Gasteiger partial charge is 0.233 e. The molecule has 0 unspecified atom stereocenters. The molecule has 0 aliphatic heterocycles. The summed E-state index contributed by atoms with van der Waals surface area (Å²) in [6.07, 6.45) is 3.33. The number of aromatic nitrogens is 1. The van der Waals surface area contributed by atoms with Gasteiger partial charge in [0, 0.05) is 33.7 Å². The predicted octanol–water partition coefficient (Wildman–Crippen LogP) is 1.74. The molecule has 0 bridgehead atoms. The van der Waals surface area contributed by atoms with E-state index < -0.39 is 9.05 Å². The van der Waals surface area contributed by atoms with Crippen LogP contribution >= 0.6 is 22.4 Å². The van der Waals surface area contributed by atoms with E-state index in [1.807, 2.05) is 12.1 Å². The zero-order valence-electron chi connectivity index (χ0n) is 6.68. The Kier molecular flexibility index (Phi) is 4.02. The van der Waals surface area contributed by atoms with E-state index in [1.54, 1.807) is 12.4 Å². The summed E-state index contributed by atoms with van der Waals surface area (Å²) in [7, 11) is 1.69. The number of rotatable bonds is 4. The molecule has 1 rings (SSSR count). The molecule has 3 nitrogen and oxygen atoms in total. The zero-order chi connectivity index (χ0) is 9.73. The molecule has 6 heteroatoms. The van der Waals surface area contributed by atoms with E-state index in [2.05, 4.69) is 4.98 Å². The van der Waals surface area contributed by atoms with Crippen LogP contribution in [0.1, 0.15) is 0 Å². The van der Waals surface area contributed by atoms with Crippen LogP contribution in [0.3, 0.4) is 0 Å². The van der Waals surface area contributed by atoms with Crippen LogP contribution in [0.4, 0.5) is 0 Å². The van der Waals surface area contributed by atoms with Crippen LogP contribution in [0, 0.1) is 0 Å². The van der Waals surface area contributed by atoms with Crippen molar-refractivity contribution < 1.29 is 8.42 Å². The summed E-state index contributed by atoms with van der Waals surface area (Å²) in [5.74, 6) is 0.456. The van der Waals surface area contributed by atoms with E-state index >= 15 is 0 Å². The molecule has 0 atom stereocenters. The lowest BCUT2D eigenvalue weighted by atomic mass is 10.5. The summed E-state index contributed by atoms with van der Waals surface area (Å²) in [6, 6.07) is 3.65. The fourth-order valence-electron chi connectivity index (χ4n) is 0.694. The second kappa shape index (κ2) is 4.83. The van der Waals surface area contributed by atoms with Crippen LogP contribution < -0.4 is 0 Å². The molecule has 0 spiro atoms. The number of hydrogen-bond donors (Lipinski definition) is 0. The van der Waals surface area contributed by atoms with E-state index in [9.17, 15) is 8.42 Å². The van der Waals surface area contributed by atoms with Gasteiger partial charge in [-0.2, -0.15) is 0 Å². The number of pyridine rings is 1. The molecule has 1 aromatic rings. The van der Waals surface area contributed by atoms with E-state index in [0.717, 1.165) is 4.90 Å². The Bertz CT molecular complexity index is 352.